The molecule has 5 heteroatoms. The Morgan fingerprint density at radius 1 is 1.39 bits per heavy atom. The molecular formula is C13H16N2OS2. The van der Waals surface area contributed by atoms with Crippen LogP contribution in [0.25, 0.3) is 6.08 Å². The number of thiophene rings is 1. The summed E-state index contributed by atoms with van der Waals surface area (Å²) in [6, 6.07) is 3.93. The summed E-state index contributed by atoms with van der Waals surface area (Å²) in [6.07, 6.45) is 6.90. The van der Waals surface area contributed by atoms with Crippen LogP contribution in [-0.4, -0.2) is 29.0 Å². The maximum absolute atomic E-state index is 11.7. The number of rotatable bonds is 2. The SMILES string of the molecule is O=C(/C=C\c1cccs1)NC(=S)N1CCCCC1. The number of hydrogen-bond donors (Lipinski definition) is 1. The predicted molar refractivity (Wildman–Crippen MR) is 79.5 cm³/mol. The van der Waals surface area contributed by atoms with Gasteiger partial charge in [-0.2, -0.15) is 0 Å². The third-order valence-corrected chi connectivity index (χ3v) is 4.01. The molecule has 1 fully saturated rings. The molecule has 0 aliphatic carbocycles. The lowest BCUT2D eigenvalue weighted by Gasteiger charge is -2.28. The zero-order valence-electron chi connectivity index (χ0n) is 10.1. The summed E-state index contributed by atoms with van der Waals surface area (Å²) in [5, 5.41) is 5.28. The van der Waals surface area contributed by atoms with Crippen LogP contribution in [0, 0.1) is 0 Å². The van der Waals surface area contributed by atoms with Crippen molar-refractivity contribution < 1.29 is 4.79 Å². The molecular weight excluding hydrogens is 264 g/mol. The van der Waals surface area contributed by atoms with Crippen LogP contribution in [0.4, 0.5) is 0 Å². The Kier molecular flexibility index (Phi) is 4.90. The number of thiocarbonyl (C=S) groups is 1. The van der Waals surface area contributed by atoms with E-state index < -0.39 is 0 Å². The van der Waals surface area contributed by atoms with Crippen LogP contribution in [0.3, 0.4) is 0 Å². The highest BCUT2D eigenvalue weighted by Crippen LogP contribution is 2.10. The quantitative estimate of drug-likeness (QED) is 0.668. The third kappa shape index (κ3) is 3.92. The van der Waals surface area contributed by atoms with E-state index in [9.17, 15) is 4.79 Å². The van der Waals surface area contributed by atoms with E-state index in [-0.39, 0.29) is 5.91 Å². The largest absolute Gasteiger partial charge is 0.349 e. The molecule has 1 aliphatic heterocycles. The van der Waals surface area contributed by atoms with Crippen molar-refractivity contribution in [1.29, 1.82) is 0 Å². The van der Waals surface area contributed by atoms with Gasteiger partial charge >= 0.3 is 0 Å². The van der Waals surface area contributed by atoms with E-state index in [0.717, 1.165) is 30.8 Å². The van der Waals surface area contributed by atoms with E-state index in [4.69, 9.17) is 12.2 Å². The first kappa shape index (κ1) is 13.2. The van der Waals surface area contributed by atoms with Crippen LogP contribution in [0.5, 0.6) is 0 Å². The minimum atomic E-state index is -0.154. The zero-order valence-corrected chi connectivity index (χ0v) is 11.7. The fourth-order valence-electron chi connectivity index (χ4n) is 1.87. The Morgan fingerprint density at radius 3 is 2.83 bits per heavy atom. The van der Waals surface area contributed by atoms with Crippen molar-refractivity contribution in [2.24, 2.45) is 0 Å². The fourth-order valence-corrected chi connectivity index (χ4v) is 2.77. The van der Waals surface area contributed by atoms with Gasteiger partial charge in [0.25, 0.3) is 0 Å². The Bertz CT molecular complexity index is 434. The molecule has 1 aromatic rings. The molecule has 0 spiro atoms. The normalized spacial score (nSPS) is 15.9. The maximum atomic E-state index is 11.7. The lowest BCUT2D eigenvalue weighted by molar-refractivity contribution is -0.115. The molecule has 0 bridgehead atoms. The number of hydrogen-bond acceptors (Lipinski definition) is 3. The van der Waals surface area contributed by atoms with Gasteiger partial charge in [-0.25, -0.2) is 0 Å². The van der Waals surface area contributed by atoms with Crippen LogP contribution < -0.4 is 5.32 Å². The van der Waals surface area contributed by atoms with Crippen molar-refractivity contribution in [2.75, 3.05) is 13.1 Å². The average Bonchev–Trinajstić information content (AvgIpc) is 2.90. The first-order valence-electron chi connectivity index (χ1n) is 6.07. The minimum absolute atomic E-state index is 0.154. The average molecular weight is 280 g/mol. The molecule has 0 saturated carbocycles. The molecule has 1 amide bonds. The number of carbonyl (C=O) groups excluding carboxylic acids is 1. The standard InChI is InChI=1S/C13H16N2OS2/c16-12(7-6-11-5-4-10-18-11)14-13(17)15-8-2-1-3-9-15/h4-7,10H,1-3,8-9H2,(H,14,16,17)/b7-6-. The van der Waals surface area contributed by atoms with Crippen LogP contribution >= 0.6 is 23.6 Å². The van der Waals surface area contributed by atoms with Gasteiger partial charge in [-0.1, -0.05) is 6.07 Å². The summed E-state index contributed by atoms with van der Waals surface area (Å²) in [6.45, 7) is 1.90. The molecule has 2 heterocycles. The van der Waals surface area contributed by atoms with Gasteiger partial charge in [0.2, 0.25) is 5.91 Å². The Balaban J connectivity index is 1.81. The predicted octanol–water partition coefficient (Wildman–Crippen LogP) is 2.65. The van der Waals surface area contributed by atoms with E-state index >= 15 is 0 Å². The number of nitrogens with one attached hydrogen (secondary N) is 1. The number of nitrogens with zero attached hydrogens (tertiary/aromatic N) is 1. The van der Waals surface area contributed by atoms with E-state index in [1.807, 2.05) is 17.5 Å². The lowest BCUT2D eigenvalue weighted by atomic mass is 10.1. The highest BCUT2D eigenvalue weighted by atomic mass is 32.1. The van der Waals surface area contributed by atoms with Gasteiger partial charge < -0.3 is 4.90 Å². The van der Waals surface area contributed by atoms with Crippen molar-refractivity contribution in [1.82, 2.24) is 10.2 Å². The van der Waals surface area contributed by atoms with E-state index in [1.54, 1.807) is 17.4 Å². The minimum Gasteiger partial charge on any atom is -0.349 e. The van der Waals surface area contributed by atoms with Gasteiger partial charge in [-0.15, -0.1) is 11.3 Å². The Morgan fingerprint density at radius 2 is 2.17 bits per heavy atom. The molecule has 3 nitrogen and oxygen atoms in total. The first-order chi connectivity index (χ1) is 8.75. The summed E-state index contributed by atoms with van der Waals surface area (Å²) in [7, 11) is 0. The third-order valence-electron chi connectivity index (χ3n) is 2.82. The second-order valence-electron chi connectivity index (χ2n) is 4.19. The second kappa shape index (κ2) is 6.66. The van der Waals surface area contributed by atoms with E-state index in [2.05, 4.69) is 10.2 Å². The van der Waals surface area contributed by atoms with Crippen molar-refractivity contribution in [3.05, 3.63) is 28.5 Å². The van der Waals surface area contributed by atoms with Gasteiger partial charge in [0, 0.05) is 24.0 Å². The molecule has 96 valence electrons. The van der Waals surface area contributed by atoms with Crippen LogP contribution in [0.2, 0.25) is 0 Å². The molecule has 18 heavy (non-hydrogen) atoms. The summed E-state index contributed by atoms with van der Waals surface area (Å²) >= 11 is 6.83. The van der Waals surface area contributed by atoms with Gasteiger partial charge in [0.15, 0.2) is 5.11 Å². The van der Waals surface area contributed by atoms with Crippen molar-refractivity contribution >= 4 is 40.7 Å². The summed E-state index contributed by atoms with van der Waals surface area (Å²) in [5.41, 5.74) is 0. The molecule has 1 saturated heterocycles. The van der Waals surface area contributed by atoms with Gasteiger partial charge in [0.05, 0.1) is 0 Å². The van der Waals surface area contributed by atoms with Crippen molar-refractivity contribution in [3.63, 3.8) is 0 Å². The summed E-state index contributed by atoms with van der Waals surface area (Å²) in [4.78, 5) is 14.8. The topological polar surface area (TPSA) is 32.3 Å². The highest BCUT2D eigenvalue weighted by molar-refractivity contribution is 7.80. The smallest absolute Gasteiger partial charge is 0.250 e. The fraction of sp³-hybridized carbons (Fsp3) is 0.385. The monoisotopic (exact) mass is 280 g/mol. The molecule has 0 unspecified atom stereocenters. The Labute approximate surface area is 116 Å². The number of carbonyl (C=O) groups is 1. The number of amides is 1. The Hall–Kier alpha value is -1.20. The maximum Gasteiger partial charge on any atom is 0.250 e. The molecule has 0 radical (unpaired) electrons. The second-order valence-corrected chi connectivity index (χ2v) is 5.56. The number of likely N-dealkylation sites (tertiary alicyclic amines) is 1. The zero-order chi connectivity index (χ0) is 12.8. The molecule has 1 aliphatic rings. The van der Waals surface area contributed by atoms with E-state index in [0.29, 0.717) is 5.11 Å². The molecule has 2 rings (SSSR count). The van der Waals surface area contributed by atoms with Crippen LogP contribution in [-0.2, 0) is 4.79 Å². The first-order valence-corrected chi connectivity index (χ1v) is 7.36. The molecule has 0 atom stereocenters. The van der Waals surface area contributed by atoms with Crippen molar-refractivity contribution in [3.8, 4) is 0 Å². The summed E-state index contributed by atoms with van der Waals surface area (Å²) < 4.78 is 0. The van der Waals surface area contributed by atoms with Crippen LogP contribution in [0.1, 0.15) is 24.1 Å². The number of piperidine rings is 1. The molecule has 1 aromatic heterocycles. The van der Waals surface area contributed by atoms with Gasteiger partial charge in [0.1, 0.15) is 0 Å². The van der Waals surface area contributed by atoms with Crippen molar-refractivity contribution in [2.45, 2.75) is 19.3 Å². The van der Waals surface area contributed by atoms with E-state index in [1.165, 1.54) is 12.5 Å². The molecule has 1 N–H and O–H groups in total. The van der Waals surface area contributed by atoms with Gasteiger partial charge in [-0.3, -0.25) is 10.1 Å². The highest BCUT2D eigenvalue weighted by Gasteiger charge is 2.14. The molecule has 0 aromatic carbocycles. The van der Waals surface area contributed by atoms with Gasteiger partial charge in [-0.05, 0) is 49.0 Å². The van der Waals surface area contributed by atoms with Crippen LogP contribution in [0.15, 0.2) is 23.6 Å². The summed E-state index contributed by atoms with van der Waals surface area (Å²) in [5.74, 6) is -0.154. The lowest BCUT2D eigenvalue weighted by Crippen LogP contribution is -2.44.